The molecule has 1 saturated heterocycles. The van der Waals surface area contributed by atoms with Crippen LogP contribution in [0.3, 0.4) is 0 Å². The first-order chi connectivity index (χ1) is 14.7. The number of fused-ring (bicyclic) bond motifs is 3. The molecule has 0 atom stereocenters. The van der Waals surface area contributed by atoms with Crippen molar-refractivity contribution in [2.45, 2.75) is 19.6 Å². The molecule has 2 aromatic carbocycles. The molecule has 3 aromatic rings. The normalized spacial score (nSPS) is 16.4. The number of amides is 1. The van der Waals surface area contributed by atoms with Gasteiger partial charge < -0.3 is 9.64 Å². The number of carbonyl (C=O) groups is 1. The maximum absolute atomic E-state index is 13.2. The van der Waals surface area contributed by atoms with Gasteiger partial charge in [-0.25, -0.2) is 4.39 Å². The van der Waals surface area contributed by atoms with E-state index >= 15 is 0 Å². The fraction of sp³-hybridized carbons (Fsp3) is 0.292. The van der Waals surface area contributed by atoms with Gasteiger partial charge in [-0.15, -0.1) is 11.3 Å². The van der Waals surface area contributed by atoms with Crippen LogP contribution in [0, 0.1) is 5.82 Å². The minimum Gasteiger partial charge on any atom is -0.488 e. The molecule has 4 nitrogen and oxygen atoms in total. The molecular formula is C24H23FN2O2S. The average Bonchev–Trinajstić information content (AvgIpc) is 3.08. The van der Waals surface area contributed by atoms with Gasteiger partial charge in [0.1, 0.15) is 18.2 Å². The second-order valence-electron chi connectivity index (χ2n) is 7.80. The number of hydrogen-bond acceptors (Lipinski definition) is 4. The fourth-order valence-corrected chi connectivity index (χ4v) is 5.31. The van der Waals surface area contributed by atoms with Crippen molar-refractivity contribution < 1.29 is 13.9 Å². The standard InChI is InChI=1S/C24H23FN2O2S/c25-19-8-6-17(7-9-19)15-26-10-3-11-27(13-12-26)24(28)22-14-18-16-29-21-5-2-1-4-20(21)23(18)30-22/h1-2,4-9,14H,3,10-13,15-16H2. The van der Waals surface area contributed by atoms with Gasteiger partial charge in [0.15, 0.2) is 0 Å². The molecule has 0 saturated carbocycles. The van der Waals surface area contributed by atoms with Gasteiger partial charge in [0.25, 0.3) is 5.91 Å². The first-order valence-corrected chi connectivity index (χ1v) is 11.1. The van der Waals surface area contributed by atoms with E-state index in [4.69, 9.17) is 4.74 Å². The van der Waals surface area contributed by atoms with Crippen LogP contribution >= 0.6 is 11.3 Å². The second kappa shape index (κ2) is 8.20. The summed E-state index contributed by atoms with van der Waals surface area (Å²) in [6, 6.07) is 16.7. The third-order valence-electron chi connectivity index (χ3n) is 5.73. The first kappa shape index (κ1) is 19.3. The van der Waals surface area contributed by atoms with E-state index < -0.39 is 0 Å². The predicted molar refractivity (Wildman–Crippen MR) is 116 cm³/mol. The van der Waals surface area contributed by atoms with Crippen molar-refractivity contribution in [1.82, 2.24) is 9.80 Å². The van der Waals surface area contributed by atoms with E-state index in [2.05, 4.69) is 11.0 Å². The summed E-state index contributed by atoms with van der Waals surface area (Å²) >= 11 is 1.57. The zero-order valence-corrected chi connectivity index (χ0v) is 17.5. The fourth-order valence-electron chi connectivity index (χ4n) is 4.14. The van der Waals surface area contributed by atoms with Crippen LogP contribution in [0.4, 0.5) is 4.39 Å². The number of halogens is 1. The number of nitrogens with zero attached hydrogens (tertiary/aromatic N) is 2. The zero-order valence-electron chi connectivity index (χ0n) is 16.6. The Hall–Kier alpha value is -2.70. The van der Waals surface area contributed by atoms with Crippen molar-refractivity contribution in [1.29, 1.82) is 0 Å². The third kappa shape index (κ3) is 3.85. The van der Waals surface area contributed by atoms with E-state index in [1.165, 1.54) is 12.1 Å². The lowest BCUT2D eigenvalue weighted by Gasteiger charge is -2.21. The van der Waals surface area contributed by atoms with Crippen molar-refractivity contribution in [3.05, 3.63) is 76.4 Å². The van der Waals surface area contributed by atoms with Gasteiger partial charge in [-0.05, 0) is 42.3 Å². The molecule has 3 heterocycles. The Morgan fingerprint density at radius 1 is 1.03 bits per heavy atom. The summed E-state index contributed by atoms with van der Waals surface area (Å²) in [6.07, 6.45) is 0.934. The van der Waals surface area contributed by atoms with Crippen molar-refractivity contribution in [3.63, 3.8) is 0 Å². The summed E-state index contributed by atoms with van der Waals surface area (Å²) in [4.78, 5) is 19.5. The number of para-hydroxylation sites is 1. The van der Waals surface area contributed by atoms with Gasteiger partial charge in [0.05, 0.1) is 4.88 Å². The topological polar surface area (TPSA) is 32.8 Å². The summed E-state index contributed by atoms with van der Waals surface area (Å²) in [6.45, 7) is 4.51. The van der Waals surface area contributed by atoms with Crippen LogP contribution in [-0.4, -0.2) is 41.9 Å². The number of benzene rings is 2. The van der Waals surface area contributed by atoms with Gasteiger partial charge >= 0.3 is 0 Å². The van der Waals surface area contributed by atoms with E-state index in [1.807, 2.05) is 41.3 Å². The van der Waals surface area contributed by atoms with Crippen LogP contribution < -0.4 is 4.74 Å². The predicted octanol–water partition coefficient (Wildman–Crippen LogP) is 4.79. The van der Waals surface area contributed by atoms with Gasteiger partial charge in [-0.3, -0.25) is 9.69 Å². The molecule has 154 valence electrons. The minimum absolute atomic E-state index is 0.107. The molecule has 0 bridgehead atoms. The summed E-state index contributed by atoms with van der Waals surface area (Å²) in [5, 5.41) is 0. The summed E-state index contributed by atoms with van der Waals surface area (Å²) in [5.41, 5.74) is 3.26. The van der Waals surface area contributed by atoms with E-state index in [-0.39, 0.29) is 11.7 Å². The Kier molecular flexibility index (Phi) is 5.27. The van der Waals surface area contributed by atoms with Crippen LogP contribution in [0.2, 0.25) is 0 Å². The molecule has 30 heavy (non-hydrogen) atoms. The van der Waals surface area contributed by atoms with Gasteiger partial charge in [-0.2, -0.15) is 0 Å². The smallest absolute Gasteiger partial charge is 0.263 e. The molecule has 6 heteroatoms. The molecule has 0 unspecified atom stereocenters. The Labute approximate surface area is 179 Å². The monoisotopic (exact) mass is 422 g/mol. The highest BCUT2D eigenvalue weighted by molar-refractivity contribution is 7.17. The minimum atomic E-state index is -0.210. The number of thiophene rings is 1. The van der Waals surface area contributed by atoms with Crippen molar-refractivity contribution in [2.24, 2.45) is 0 Å². The van der Waals surface area contributed by atoms with E-state index in [0.29, 0.717) is 13.2 Å². The average molecular weight is 423 g/mol. The number of ether oxygens (including phenoxy) is 1. The SMILES string of the molecule is O=C(c1cc2c(s1)-c1ccccc1OC2)N1CCCN(Cc2ccc(F)cc2)CC1. The lowest BCUT2D eigenvalue weighted by Crippen LogP contribution is -2.34. The lowest BCUT2D eigenvalue weighted by atomic mass is 10.1. The Bertz CT molecular complexity index is 1060. The van der Waals surface area contributed by atoms with E-state index in [9.17, 15) is 9.18 Å². The first-order valence-electron chi connectivity index (χ1n) is 10.3. The van der Waals surface area contributed by atoms with E-state index in [0.717, 1.165) is 64.8 Å². The Morgan fingerprint density at radius 2 is 1.87 bits per heavy atom. The molecular weight excluding hydrogens is 399 g/mol. The van der Waals surface area contributed by atoms with Crippen molar-refractivity contribution in [3.8, 4) is 16.2 Å². The Morgan fingerprint density at radius 3 is 2.73 bits per heavy atom. The molecule has 0 spiro atoms. The van der Waals surface area contributed by atoms with Gasteiger partial charge in [0, 0.05) is 48.7 Å². The third-order valence-corrected chi connectivity index (χ3v) is 6.93. The summed E-state index contributed by atoms with van der Waals surface area (Å²) in [7, 11) is 0. The number of hydrogen-bond donors (Lipinski definition) is 0. The molecule has 2 aliphatic rings. The molecule has 2 aliphatic heterocycles. The number of carbonyl (C=O) groups excluding carboxylic acids is 1. The molecule has 1 amide bonds. The van der Waals surface area contributed by atoms with Crippen LogP contribution in [0.1, 0.15) is 27.2 Å². The lowest BCUT2D eigenvalue weighted by molar-refractivity contribution is 0.0766. The quantitative estimate of drug-likeness (QED) is 0.608. The van der Waals surface area contributed by atoms with Crippen LogP contribution in [0.15, 0.2) is 54.6 Å². The maximum Gasteiger partial charge on any atom is 0.263 e. The highest BCUT2D eigenvalue weighted by Crippen LogP contribution is 2.42. The van der Waals surface area contributed by atoms with Crippen LogP contribution in [0.25, 0.3) is 10.4 Å². The molecule has 5 rings (SSSR count). The van der Waals surface area contributed by atoms with Crippen LogP contribution in [-0.2, 0) is 13.2 Å². The number of rotatable bonds is 3. The van der Waals surface area contributed by atoms with Gasteiger partial charge in [-0.1, -0.05) is 24.3 Å². The molecule has 1 fully saturated rings. The Balaban J connectivity index is 1.27. The molecule has 0 aliphatic carbocycles. The maximum atomic E-state index is 13.2. The van der Waals surface area contributed by atoms with Gasteiger partial charge in [0.2, 0.25) is 0 Å². The van der Waals surface area contributed by atoms with E-state index in [1.54, 1.807) is 11.3 Å². The summed E-state index contributed by atoms with van der Waals surface area (Å²) in [5.74, 6) is 0.783. The second-order valence-corrected chi connectivity index (χ2v) is 8.85. The highest BCUT2D eigenvalue weighted by Gasteiger charge is 2.26. The summed E-state index contributed by atoms with van der Waals surface area (Å²) < 4.78 is 19.0. The molecule has 0 radical (unpaired) electrons. The highest BCUT2D eigenvalue weighted by atomic mass is 32.1. The molecule has 0 N–H and O–H groups in total. The zero-order chi connectivity index (χ0) is 20.5. The van der Waals surface area contributed by atoms with Crippen molar-refractivity contribution in [2.75, 3.05) is 26.2 Å². The van der Waals surface area contributed by atoms with Crippen molar-refractivity contribution >= 4 is 17.2 Å². The molecule has 1 aromatic heterocycles. The largest absolute Gasteiger partial charge is 0.488 e. The van der Waals surface area contributed by atoms with Crippen LogP contribution in [0.5, 0.6) is 5.75 Å².